The predicted octanol–water partition coefficient (Wildman–Crippen LogP) is 4.33. The Hall–Kier alpha value is 0.304. The van der Waals surface area contributed by atoms with Gasteiger partial charge in [-0.05, 0) is 5.70 Å². The van der Waals surface area contributed by atoms with Crippen LogP contribution in [0.5, 0.6) is 0 Å². The molecule has 1 aliphatic rings. The maximum atomic E-state index is 4.01. The van der Waals surface area contributed by atoms with Crippen molar-refractivity contribution in [2.24, 2.45) is 0 Å². The van der Waals surface area contributed by atoms with Crippen LogP contribution in [-0.2, 0) is 32.7 Å². The molecular formula is C13H10Br2NY-. The van der Waals surface area contributed by atoms with Crippen molar-refractivity contribution >= 4 is 37.6 Å². The third kappa shape index (κ3) is 3.40. The van der Waals surface area contributed by atoms with Crippen molar-refractivity contribution in [2.75, 3.05) is 7.05 Å². The van der Waals surface area contributed by atoms with Gasteiger partial charge in [0.2, 0.25) is 0 Å². The molecule has 1 aromatic rings. The van der Waals surface area contributed by atoms with Crippen LogP contribution in [0.4, 0.5) is 0 Å². The number of benzene rings is 1. The Bertz CT molecular complexity index is 489. The van der Waals surface area contributed by atoms with Gasteiger partial charge in [-0.3, -0.25) is 0 Å². The SMILES string of the molecule is C=C1C(Br)=C[C-]=C(c2ccc(Br)cc2)N1C.[Y]. The molecule has 0 bridgehead atoms. The van der Waals surface area contributed by atoms with Gasteiger partial charge in [-0.1, -0.05) is 50.4 Å². The first-order valence-corrected chi connectivity index (χ1v) is 6.36. The van der Waals surface area contributed by atoms with Crippen molar-refractivity contribution in [3.8, 4) is 0 Å². The van der Waals surface area contributed by atoms with Gasteiger partial charge in [0.25, 0.3) is 0 Å². The molecule has 1 aliphatic heterocycles. The molecule has 0 atom stereocenters. The van der Waals surface area contributed by atoms with E-state index in [1.54, 1.807) is 0 Å². The molecule has 0 fully saturated rings. The van der Waals surface area contributed by atoms with E-state index in [0.717, 1.165) is 25.9 Å². The van der Waals surface area contributed by atoms with Gasteiger partial charge in [-0.2, -0.15) is 12.2 Å². The van der Waals surface area contributed by atoms with E-state index in [0.29, 0.717) is 0 Å². The molecule has 0 N–H and O–H groups in total. The van der Waals surface area contributed by atoms with Crippen LogP contribution in [0, 0.1) is 6.08 Å². The molecule has 0 aromatic heterocycles. The Kier molecular flexibility index (Phi) is 5.84. The molecule has 85 valence electrons. The third-order valence-corrected chi connectivity index (χ3v) is 3.68. The molecule has 1 radical (unpaired) electrons. The van der Waals surface area contributed by atoms with Gasteiger partial charge < -0.3 is 4.90 Å². The molecule has 4 heteroatoms. The zero-order valence-corrected chi connectivity index (χ0v) is 15.4. The largest absolute Gasteiger partial charge is 0.378 e. The second-order valence-electron chi connectivity index (χ2n) is 3.50. The molecule has 0 aliphatic carbocycles. The van der Waals surface area contributed by atoms with Crippen LogP contribution < -0.4 is 0 Å². The zero-order chi connectivity index (χ0) is 11.7. The molecule has 0 amide bonds. The number of allylic oxidation sites excluding steroid dienone is 3. The molecule has 1 heterocycles. The minimum absolute atomic E-state index is 0. The fourth-order valence-electron chi connectivity index (χ4n) is 1.49. The maximum Gasteiger partial charge on any atom is 0.0154 e. The maximum absolute atomic E-state index is 4.01. The van der Waals surface area contributed by atoms with E-state index in [1.807, 2.05) is 30.2 Å². The van der Waals surface area contributed by atoms with Crippen LogP contribution in [-0.4, -0.2) is 11.9 Å². The van der Waals surface area contributed by atoms with E-state index in [2.05, 4.69) is 56.6 Å². The van der Waals surface area contributed by atoms with E-state index in [4.69, 9.17) is 0 Å². The van der Waals surface area contributed by atoms with Gasteiger partial charge >= 0.3 is 0 Å². The number of hydrogen-bond acceptors (Lipinski definition) is 1. The topological polar surface area (TPSA) is 3.24 Å². The number of hydrogen-bond donors (Lipinski definition) is 0. The van der Waals surface area contributed by atoms with E-state index in [9.17, 15) is 0 Å². The molecule has 2 rings (SSSR count). The fraction of sp³-hybridized carbons (Fsp3) is 0.0769. The fourth-order valence-corrected chi connectivity index (χ4v) is 2.14. The Labute approximate surface area is 144 Å². The second kappa shape index (κ2) is 6.46. The third-order valence-electron chi connectivity index (χ3n) is 2.47. The summed E-state index contributed by atoms with van der Waals surface area (Å²) < 4.78 is 2.04. The number of nitrogens with zero attached hydrogens (tertiary/aromatic N) is 1. The first-order valence-electron chi connectivity index (χ1n) is 4.77. The van der Waals surface area contributed by atoms with Crippen LogP contribution in [0.15, 0.2) is 51.6 Å². The Balaban J connectivity index is 0.00000144. The summed E-state index contributed by atoms with van der Waals surface area (Å²) in [6.07, 6.45) is 5.14. The second-order valence-corrected chi connectivity index (χ2v) is 5.27. The van der Waals surface area contributed by atoms with Crippen molar-refractivity contribution in [1.82, 2.24) is 4.90 Å². The normalized spacial score (nSPS) is 15.0. The van der Waals surface area contributed by atoms with Crippen LogP contribution in [0.1, 0.15) is 5.56 Å². The first kappa shape index (κ1) is 15.4. The number of halogens is 2. The minimum Gasteiger partial charge on any atom is -0.378 e. The quantitative estimate of drug-likeness (QED) is 0.602. The van der Waals surface area contributed by atoms with Gasteiger partial charge in [0.1, 0.15) is 0 Å². The summed E-state index contributed by atoms with van der Waals surface area (Å²) >= 11 is 6.87. The van der Waals surface area contributed by atoms with Crippen LogP contribution >= 0.6 is 31.9 Å². The van der Waals surface area contributed by atoms with E-state index >= 15 is 0 Å². The van der Waals surface area contributed by atoms with E-state index in [-0.39, 0.29) is 32.7 Å². The van der Waals surface area contributed by atoms with Gasteiger partial charge in [0.05, 0.1) is 0 Å². The number of likely N-dealkylation sites (N-methyl/N-ethyl adjacent to an activating group) is 1. The molecule has 0 spiro atoms. The van der Waals surface area contributed by atoms with Crippen LogP contribution in [0.25, 0.3) is 5.70 Å². The summed E-state index contributed by atoms with van der Waals surface area (Å²) in [4.78, 5) is 2.02. The Morgan fingerprint density at radius 2 is 1.76 bits per heavy atom. The van der Waals surface area contributed by atoms with Gasteiger partial charge in [-0.25, -0.2) is 0 Å². The van der Waals surface area contributed by atoms with E-state index < -0.39 is 0 Å². The monoisotopic (exact) mass is 427 g/mol. The molecule has 0 unspecified atom stereocenters. The summed E-state index contributed by atoms with van der Waals surface area (Å²) in [6.45, 7) is 4.01. The standard InChI is InChI=1S/C13H10Br2N.Y/c1-9-12(15)7-8-13(16(9)2)10-3-5-11(14)6-4-10;/h3-7H,1H2,2H3;/q-1;. The molecular weight excluding hydrogens is 419 g/mol. The first-order chi connectivity index (χ1) is 7.59. The summed E-state index contributed by atoms with van der Waals surface area (Å²) in [7, 11) is 1.99. The smallest absolute Gasteiger partial charge is 0.0154 e. The summed E-state index contributed by atoms with van der Waals surface area (Å²) in [5, 5.41) is 0. The van der Waals surface area contributed by atoms with Crippen molar-refractivity contribution in [1.29, 1.82) is 0 Å². The van der Waals surface area contributed by atoms with Crippen molar-refractivity contribution in [3.63, 3.8) is 0 Å². The predicted molar refractivity (Wildman–Crippen MR) is 74.7 cm³/mol. The number of rotatable bonds is 1. The average Bonchev–Trinajstić information content (AvgIpc) is 2.28. The Morgan fingerprint density at radius 3 is 2.35 bits per heavy atom. The van der Waals surface area contributed by atoms with E-state index in [1.165, 1.54) is 0 Å². The van der Waals surface area contributed by atoms with Crippen molar-refractivity contribution < 1.29 is 32.7 Å². The molecule has 1 aromatic carbocycles. The molecule has 0 saturated carbocycles. The molecule has 1 nitrogen and oxygen atoms in total. The van der Waals surface area contributed by atoms with Crippen LogP contribution in [0.2, 0.25) is 0 Å². The van der Waals surface area contributed by atoms with Crippen molar-refractivity contribution in [3.05, 3.63) is 63.2 Å². The van der Waals surface area contributed by atoms with Crippen molar-refractivity contribution in [2.45, 2.75) is 0 Å². The van der Waals surface area contributed by atoms with Gasteiger partial charge in [0.15, 0.2) is 0 Å². The minimum atomic E-state index is 0. The average molecular weight is 429 g/mol. The van der Waals surface area contributed by atoms with Gasteiger partial charge in [0, 0.05) is 44.2 Å². The molecule has 0 saturated heterocycles. The summed E-state index contributed by atoms with van der Waals surface area (Å²) in [5.74, 6) is 0. The summed E-state index contributed by atoms with van der Waals surface area (Å²) in [5.41, 5.74) is 3.10. The summed E-state index contributed by atoms with van der Waals surface area (Å²) in [6, 6.07) is 8.16. The Morgan fingerprint density at radius 1 is 1.18 bits per heavy atom. The zero-order valence-electron chi connectivity index (χ0n) is 9.37. The van der Waals surface area contributed by atoms with Crippen LogP contribution in [0.3, 0.4) is 0 Å². The van der Waals surface area contributed by atoms with Gasteiger partial charge in [-0.15, -0.1) is 28.1 Å². The molecule has 17 heavy (non-hydrogen) atoms.